The lowest BCUT2D eigenvalue weighted by Gasteiger charge is -2.26. The number of hydrogen-bond donors (Lipinski definition) is 2. The molecule has 0 saturated carbocycles. The van der Waals surface area contributed by atoms with Gasteiger partial charge in [0.25, 0.3) is 0 Å². The van der Waals surface area contributed by atoms with E-state index in [2.05, 4.69) is 36.6 Å². The van der Waals surface area contributed by atoms with Gasteiger partial charge in [0.15, 0.2) is 0 Å². The lowest BCUT2D eigenvalue weighted by atomic mass is 10.0. The van der Waals surface area contributed by atoms with Crippen LogP contribution in [0.4, 0.5) is 0 Å². The summed E-state index contributed by atoms with van der Waals surface area (Å²) in [7, 11) is 3.68. The number of likely N-dealkylation sites (N-methyl/N-ethyl adjacent to an activating group) is 1. The maximum Gasteiger partial charge on any atom is 0.119 e. The third kappa shape index (κ3) is 5.20. The Labute approximate surface area is 105 Å². The molecule has 1 aromatic rings. The number of benzene rings is 1. The van der Waals surface area contributed by atoms with Crippen LogP contribution in [0.15, 0.2) is 24.3 Å². The smallest absolute Gasteiger partial charge is 0.119 e. The average Bonchev–Trinajstić information content (AvgIpc) is 2.29. The quantitative estimate of drug-likeness (QED) is 0.757. The van der Waals surface area contributed by atoms with Crippen molar-refractivity contribution in [2.45, 2.75) is 25.8 Å². The van der Waals surface area contributed by atoms with E-state index in [0.29, 0.717) is 0 Å². The van der Waals surface area contributed by atoms with Crippen molar-refractivity contribution in [2.75, 3.05) is 27.2 Å². The second-order valence-electron chi connectivity index (χ2n) is 4.94. The molecule has 0 heterocycles. The lowest BCUT2D eigenvalue weighted by Crippen LogP contribution is -2.47. The molecule has 0 fully saturated rings. The highest BCUT2D eigenvalue weighted by Gasteiger charge is 2.14. The second-order valence-corrected chi connectivity index (χ2v) is 4.94. The summed E-state index contributed by atoms with van der Waals surface area (Å²) < 4.78 is 5.21. The molecule has 2 N–H and O–H groups in total. The van der Waals surface area contributed by atoms with Gasteiger partial charge in [-0.1, -0.05) is 12.1 Å². The van der Waals surface area contributed by atoms with Crippen molar-refractivity contribution in [2.24, 2.45) is 0 Å². The normalized spacial score (nSPS) is 11.5. The fraction of sp³-hybridized carbons (Fsp3) is 0.571. The van der Waals surface area contributed by atoms with Crippen molar-refractivity contribution in [3.8, 4) is 5.75 Å². The Morgan fingerprint density at radius 1 is 1.29 bits per heavy atom. The Morgan fingerprint density at radius 2 is 2.06 bits per heavy atom. The molecule has 17 heavy (non-hydrogen) atoms. The van der Waals surface area contributed by atoms with Gasteiger partial charge in [-0.05, 0) is 51.6 Å². The van der Waals surface area contributed by atoms with Crippen LogP contribution in [0.1, 0.15) is 19.4 Å². The van der Waals surface area contributed by atoms with E-state index in [-0.39, 0.29) is 5.54 Å². The molecule has 3 heteroatoms. The van der Waals surface area contributed by atoms with Crippen LogP contribution in [0.2, 0.25) is 0 Å². The number of rotatable bonds is 7. The summed E-state index contributed by atoms with van der Waals surface area (Å²) in [6.07, 6.45) is 1.02. The number of ether oxygens (including phenoxy) is 1. The van der Waals surface area contributed by atoms with Gasteiger partial charge >= 0.3 is 0 Å². The molecule has 0 saturated heterocycles. The van der Waals surface area contributed by atoms with Gasteiger partial charge in [-0.3, -0.25) is 0 Å². The predicted octanol–water partition coefficient (Wildman–Crippen LogP) is 1.83. The van der Waals surface area contributed by atoms with E-state index in [1.165, 1.54) is 5.56 Å². The van der Waals surface area contributed by atoms with Crippen LogP contribution in [0.3, 0.4) is 0 Å². The van der Waals surface area contributed by atoms with Gasteiger partial charge < -0.3 is 15.4 Å². The summed E-state index contributed by atoms with van der Waals surface area (Å²) in [5, 5.41) is 6.73. The maximum atomic E-state index is 5.21. The molecule has 3 nitrogen and oxygen atoms in total. The molecule has 0 radical (unpaired) electrons. The third-order valence-electron chi connectivity index (χ3n) is 2.77. The zero-order valence-electron chi connectivity index (χ0n) is 11.3. The van der Waals surface area contributed by atoms with E-state index < -0.39 is 0 Å². The van der Waals surface area contributed by atoms with Crippen molar-refractivity contribution in [1.29, 1.82) is 0 Å². The average molecular weight is 236 g/mol. The minimum absolute atomic E-state index is 0.133. The summed E-state index contributed by atoms with van der Waals surface area (Å²) >= 11 is 0. The minimum atomic E-state index is 0.133. The van der Waals surface area contributed by atoms with Gasteiger partial charge in [0, 0.05) is 12.1 Å². The molecule has 0 bridgehead atoms. The van der Waals surface area contributed by atoms with E-state index in [1.807, 2.05) is 19.2 Å². The molecule has 0 aliphatic carbocycles. The highest BCUT2D eigenvalue weighted by molar-refractivity contribution is 5.28. The first-order valence-electron chi connectivity index (χ1n) is 6.10. The Morgan fingerprint density at radius 3 is 2.71 bits per heavy atom. The van der Waals surface area contributed by atoms with Gasteiger partial charge in [-0.25, -0.2) is 0 Å². The molecule has 0 atom stereocenters. The van der Waals surface area contributed by atoms with E-state index in [0.717, 1.165) is 25.3 Å². The van der Waals surface area contributed by atoms with Crippen molar-refractivity contribution >= 4 is 0 Å². The topological polar surface area (TPSA) is 33.3 Å². The molecular formula is C14H24N2O. The molecule has 0 amide bonds. The van der Waals surface area contributed by atoms with Gasteiger partial charge in [0.2, 0.25) is 0 Å². The fourth-order valence-electron chi connectivity index (χ4n) is 1.88. The zero-order chi connectivity index (χ0) is 12.7. The maximum absolute atomic E-state index is 5.21. The summed E-state index contributed by atoms with van der Waals surface area (Å²) in [5.41, 5.74) is 1.44. The summed E-state index contributed by atoms with van der Waals surface area (Å²) in [5.74, 6) is 0.928. The summed E-state index contributed by atoms with van der Waals surface area (Å²) in [6.45, 7) is 6.34. The molecule has 0 unspecified atom stereocenters. The highest BCUT2D eigenvalue weighted by Crippen LogP contribution is 2.12. The van der Waals surface area contributed by atoms with Crippen molar-refractivity contribution < 1.29 is 4.74 Å². The molecule has 0 spiro atoms. The monoisotopic (exact) mass is 236 g/mol. The molecule has 96 valence electrons. The van der Waals surface area contributed by atoms with Crippen LogP contribution < -0.4 is 15.4 Å². The number of methoxy groups -OCH3 is 1. The SMILES string of the molecule is CNCC(C)(C)NCCc1cccc(OC)c1. The summed E-state index contributed by atoms with van der Waals surface area (Å²) in [4.78, 5) is 0. The predicted molar refractivity (Wildman–Crippen MR) is 72.7 cm³/mol. The first-order valence-corrected chi connectivity index (χ1v) is 6.10. The van der Waals surface area contributed by atoms with Crippen LogP contribution in [0.25, 0.3) is 0 Å². The van der Waals surface area contributed by atoms with Gasteiger partial charge in [-0.15, -0.1) is 0 Å². The van der Waals surface area contributed by atoms with Crippen LogP contribution in [-0.4, -0.2) is 32.8 Å². The number of nitrogens with one attached hydrogen (secondary N) is 2. The van der Waals surface area contributed by atoms with Crippen molar-refractivity contribution in [1.82, 2.24) is 10.6 Å². The zero-order valence-corrected chi connectivity index (χ0v) is 11.3. The van der Waals surface area contributed by atoms with Crippen LogP contribution >= 0.6 is 0 Å². The highest BCUT2D eigenvalue weighted by atomic mass is 16.5. The Hall–Kier alpha value is -1.06. The van der Waals surface area contributed by atoms with E-state index in [4.69, 9.17) is 4.74 Å². The Bertz CT molecular complexity index is 337. The molecule has 0 aliphatic heterocycles. The largest absolute Gasteiger partial charge is 0.497 e. The molecule has 1 aromatic carbocycles. The fourth-order valence-corrected chi connectivity index (χ4v) is 1.88. The van der Waals surface area contributed by atoms with Crippen molar-refractivity contribution in [3.63, 3.8) is 0 Å². The van der Waals surface area contributed by atoms with Crippen LogP contribution in [0, 0.1) is 0 Å². The standard InChI is InChI=1S/C14H24N2O/c1-14(2,11-15-3)16-9-8-12-6-5-7-13(10-12)17-4/h5-7,10,15-16H,8-9,11H2,1-4H3. The van der Waals surface area contributed by atoms with Gasteiger partial charge in [0.1, 0.15) is 5.75 Å². The van der Waals surface area contributed by atoms with Gasteiger partial charge in [0.05, 0.1) is 7.11 Å². The van der Waals surface area contributed by atoms with Crippen molar-refractivity contribution in [3.05, 3.63) is 29.8 Å². The third-order valence-corrected chi connectivity index (χ3v) is 2.77. The Kier molecular flexibility index (Phi) is 5.45. The molecular weight excluding hydrogens is 212 g/mol. The van der Waals surface area contributed by atoms with E-state index in [1.54, 1.807) is 7.11 Å². The first kappa shape index (κ1) is 14.0. The van der Waals surface area contributed by atoms with Crippen LogP contribution in [-0.2, 0) is 6.42 Å². The van der Waals surface area contributed by atoms with E-state index in [9.17, 15) is 0 Å². The lowest BCUT2D eigenvalue weighted by molar-refractivity contribution is 0.378. The summed E-state index contributed by atoms with van der Waals surface area (Å²) in [6, 6.07) is 8.23. The minimum Gasteiger partial charge on any atom is -0.497 e. The van der Waals surface area contributed by atoms with E-state index >= 15 is 0 Å². The molecule has 0 aliphatic rings. The first-order chi connectivity index (χ1) is 8.07. The van der Waals surface area contributed by atoms with Crippen LogP contribution in [0.5, 0.6) is 5.75 Å². The Balaban J connectivity index is 2.40. The molecule has 0 aromatic heterocycles. The number of hydrogen-bond acceptors (Lipinski definition) is 3. The molecule has 1 rings (SSSR count). The second kappa shape index (κ2) is 6.62. The van der Waals surface area contributed by atoms with Gasteiger partial charge in [-0.2, -0.15) is 0 Å².